The monoisotopic (exact) mass is 244 g/mol. The molecule has 0 saturated heterocycles. The van der Waals surface area contributed by atoms with Gasteiger partial charge in [0.15, 0.2) is 0 Å². The minimum atomic E-state index is -0.00891. The Kier molecular flexibility index (Phi) is 3.23. The molecule has 0 unspecified atom stereocenters. The minimum absolute atomic E-state index is 0.00891. The summed E-state index contributed by atoms with van der Waals surface area (Å²) in [7, 11) is 1.54. The van der Waals surface area contributed by atoms with E-state index in [1.165, 1.54) is 7.11 Å². The van der Waals surface area contributed by atoms with Crippen molar-refractivity contribution in [2.45, 2.75) is 26.2 Å². The van der Waals surface area contributed by atoms with Crippen molar-refractivity contribution in [3.63, 3.8) is 0 Å². The molecule has 5 heteroatoms. The molecule has 2 aromatic heterocycles. The molecule has 0 aliphatic heterocycles. The first-order valence-electron chi connectivity index (χ1n) is 5.69. The average molecular weight is 244 g/mol. The van der Waals surface area contributed by atoms with Crippen LogP contribution in [0.4, 0.5) is 0 Å². The number of aromatic nitrogens is 4. The zero-order chi connectivity index (χ0) is 13.2. The first kappa shape index (κ1) is 12.4. The van der Waals surface area contributed by atoms with Crippen molar-refractivity contribution in [3.05, 3.63) is 30.5 Å². The van der Waals surface area contributed by atoms with Crippen molar-refractivity contribution in [3.8, 4) is 17.3 Å². The molecular weight excluding hydrogens is 228 g/mol. The third-order valence-electron chi connectivity index (χ3n) is 2.54. The molecule has 2 aromatic rings. The van der Waals surface area contributed by atoms with Crippen molar-refractivity contribution in [1.82, 2.24) is 19.9 Å². The van der Waals surface area contributed by atoms with Gasteiger partial charge in [0, 0.05) is 29.1 Å². The van der Waals surface area contributed by atoms with Crippen LogP contribution in [0.25, 0.3) is 11.3 Å². The van der Waals surface area contributed by atoms with Gasteiger partial charge >= 0.3 is 6.01 Å². The highest BCUT2D eigenvalue weighted by Gasteiger charge is 2.16. The van der Waals surface area contributed by atoms with Gasteiger partial charge in [0.25, 0.3) is 0 Å². The Balaban J connectivity index is 2.38. The predicted molar refractivity (Wildman–Crippen MR) is 68.3 cm³/mol. The van der Waals surface area contributed by atoms with Gasteiger partial charge in [-0.2, -0.15) is 0 Å². The van der Waals surface area contributed by atoms with Crippen LogP contribution < -0.4 is 4.74 Å². The van der Waals surface area contributed by atoms with Gasteiger partial charge in [0.05, 0.1) is 12.8 Å². The molecule has 0 radical (unpaired) electrons. The fourth-order valence-corrected chi connectivity index (χ4v) is 1.48. The van der Waals surface area contributed by atoms with Crippen molar-refractivity contribution in [2.75, 3.05) is 7.11 Å². The molecule has 0 aliphatic rings. The predicted octanol–water partition coefficient (Wildman–Crippen LogP) is 2.24. The highest BCUT2D eigenvalue weighted by Crippen LogP contribution is 2.23. The number of hydrogen-bond acceptors (Lipinski definition) is 5. The summed E-state index contributed by atoms with van der Waals surface area (Å²) < 4.78 is 4.93. The maximum Gasteiger partial charge on any atom is 0.316 e. The summed E-state index contributed by atoms with van der Waals surface area (Å²) >= 11 is 0. The van der Waals surface area contributed by atoms with E-state index >= 15 is 0 Å². The number of methoxy groups -OCH3 is 1. The van der Waals surface area contributed by atoms with E-state index in [1.54, 1.807) is 18.7 Å². The minimum Gasteiger partial charge on any atom is -0.467 e. The molecule has 94 valence electrons. The van der Waals surface area contributed by atoms with Crippen molar-refractivity contribution in [1.29, 1.82) is 0 Å². The molecule has 0 N–H and O–H groups in total. The van der Waals surface area contributed by atoms with Gasteiger partial charge in [0.2, 0.25) is 0 Å². The average Bonchev–Trinajstić information content (AvgIpc) is 2.38. The maximum atomic E-state index is 4.93. The van der Waals surface area contributed by atoms with Crippen LogP contribution in [-0.2, 0) is 5.41 Å². The number of rotatable bonds is 2. The molecule has 0 fully saturated rings. The molecule has 0 aromatic carbocycles. The fraction of sp³-hybridized carbons (Fsp3) is 0.385. The molecule has 0 saturated carbocycles. The van der Waals surface area contributed by atoms with Crippen LogP contribution in [0.5, 0.6) is 6.01 Å². The Labute approximate surface area is 106 Å². The third-order valence-corrected chi connectivity index (χ3v) is 2.54. The smallest absolute Gasteiger partial charge is 0.316 e. The van der Waals surface area contributed by atoms with Gasteiger partial charge in [-0.05, 0) is 6.07 Å². The van der Waals surface area contributed by atoms with Gasteiger partial charge in [-0.1, -0.05) is 20.8 Å². The zero-order valence-corrected chi connectivity index (χ0v) is 11.0. The second-order valence-electron chi connectivity index (χ2n) is 5.00. The van der Waals surface area contributed by atoms with Crippen LogP contribution in [0.3, 0.4) is 0 Å². The topological polar surface area (TPSA) is 60.8 Å². The molecule has 0 amide bonds. The van der Waals surface area contributed by atoms with Crippen molar-refractivity contribution in [2.24, 2.45) is 0 Å². The standard InChI is InChI=1S/C13H16N4O/c1-13(2,3)11-5-10(16-8-17-11)9-6-14-12(18-4)15-7-9/h5-8H,1-4H3. The largest absolute Gasteiger partial charge is 0.467 e. The Bertz CT molecular complexity index is 531. The molecule has 5 nitrogen and oxygen atoms in total. The van der Waals surface area contributed by atoms with Crippen LogP contribution in [0.1, 0.15) is 26.5 Å². The van der Waals surface area contributed by atoms with Gasteiger partial charge in [-0.15, -0.1) is 0 Å². The number of ether oxygens (including phenoxy) is 1. The van der Waals surface area contributed by atoms with E-state index in [1.807, 2.05) is 6.07 Å². The summed E-state index contributed by atoms with van der Waals surface area (Å²) in [6, 6.07) is 2.31. The molecule has 2 heterocycles. The van der Waals surface area contributed by atoms with Crippen LogP contribution in [0, 0.1) is 0 Å². The zero-order valence-electron chi connectivity index (χ0n) is 11.0. The lowest BCUT2D eigenvalue weighted by molar-refractivity contribution is 0.380. The molecule has 0 aliphatic carbocycles. The summed E-state index contributed by atoms with van der Waals surface area (Å²) in [5.74, 6) is 0. The molecule has 0 spiro atoms. The highest BCUT2D eigenvalue weighted by atomic mass is 16.5. The summed E-state index contributed by atoms with van der Waals surface area (Å²) in [5.41, 5.74) is 2.65. The SMILES string of the molecule is COc1ncc(-c2cc(C(C)(C)C)ncn2)cn1. The first-order chi connectivity index (χ1) is 8.50. The Morgan fingerprint density at radius 2 is 1.67 bits per heavy atom. The Hall–Kier alpha value is -2.04. The number of hydrogen-bond donors (Lipinski definition) is 0. The maximum absolute atomic E-state index is 4.93. The van der Waals surface area contributed by atoms with E-state index < -0.39 is 0 Å². The summed E-state index contributed by atoms with van der Waals surface area (Å²) in [4.78, 5) is 16.7. The van der Waals surface area contributed by atoms with Gasteiger partial charge in [-0.25, -0.2) is 19.9 Å². The van der Waals surface area contributed by atoms with E-state index in [0.29, 0.717) is 6.01 Å². The van der Waals surface area contributed by atoms with E-state index in [9.17, 15) is 0 Å². The molecule has 0 bridgehead atoms. The van der Waals surface area contributed by atoms with Crippen LogP contribution >= 0.6 is 0 Å². The quantitative estimate of drug-likeness (QED) is 0.810. The highest BCUT2D eigenvalue weighted by molar-refractivity contribution is 5.57. The summed E-state index contributed by atoms with van der Waals surface area (Å²) in [6.45, 7) is 6.34. The Morgan fingerprint density at radius 1 is 1.00 bits per heavy atom. The molecule has 18 heavy (non-hydrogen) atoms. The second kappa shape index (κ2) is 4.68. The van der Waals surface area contributed by atoms with Crippen molar-refractivity contribution < 1.29 is 4.74 Å². The normalized spacial score (nSPS) is 11.3. The van der Waals surface area contributed by atoms with Crippen molar-refractivity contribution >= 4 is 0 Å². The van der Waals surface area contributed by atoms with Gasteiger partial charge < -0.3 is 4.74 Å². The lowest BCUT2D eigenvalue weighted by Gasteiger charge is -2.17. The molecular formula is C13H16N4O. The summed E-state index contributed by atoms with van der Waals surface area (Å²) in [5, 5.41) is 0. The lowest BCUT2D eigenvalue weighted by Crippen LogP contribution is -2.13. The van der Waals surface area contributed by atoms with E-state index in [-0.39, 0.29) is 5.41 Å². The number of nitrogens with zero attached hydrogens (tertiary/aromatic N) is 4. The van der Waals surface area contributed by atoms with E-state index in [2.05, 4.69) is 40.7 Å². The lowest BCUT2D eigenvalue weighted by atomic mass is 9.91. The van der Waals surface area contributed by atoms with Crippen LogP contribution in [0.2, 0.25) is 0 Å². The molecule has 0 atom stereocenters. The van der Waals surface area contributed by atoms with Gasteiger partial charge in [-0.3, -0.25) is 0 Å². The van der Waals surface area contributed by atoms with Crippen LogP contribution in [0.15, 0.2) is 24.8 Å². The Morgan fingerprint density at radius 3 is 2.22 bits per heavy atom. The first-order valence-corrected chi connectivity index (χ1v) is 5.69. The summed E-state index contributed by atoms with van der Waals surface area (Å²) in [6.07, 6.45) is 4.96. The van der Waals surface area contributed by atoms with E-state index in [4.69, 9.17) is 4.74 Å². The van der Waals surface area contributed by atoms with E-state index in [0.717, 1.165) is 17.0 Å². The van der Waals surface area contributed by atoms with Gasteiger partial charge in [0.1, 0.15) is 6.33 Å². The third kappa shape index (κ3) is 2.61. The fourth-order valence-electron chi connectivity index (χ4n) is 1.48. The second-order valence-corrected chi connectivity index (χ2v) is 5.00. The molecule has 2 rings (SSSR count). The van der Waals surface area contributed by atoms with Crippen LogP contribution in [-0.4, -0.2) is 27.0 Å².